The molecule has 4 nitrogen and oxygen atoms in total. The summed E-state index contributed by atoms with van der Waals surface area (Å²) in [4.78, 5) is 2.23. The number of nitrogens with zero attached hydrogens (tertiary/aromatic N) is 1. The Morgan fingerprint density at radius 1 is 1.14 bits per heavy atom. The van der Waals surface area contributed by atoms with Crippen LogP contribution >= 0.6 is 0 Å². The van der Waals surface area contributed by atoms with Crippen LogP contribution in [0.3, 0.4) is 0 Å². The van der Waals surface area contributed by atoms with E-state index < -0.39 is 0 Å². The first kappa shape index (κ1) is 14.9. The Kier molecular flexibility index (Phi) is 4.61. The Hall–Kier alpha value is -2.04. The van der Waals surface area contributed by atoms with Crippen LogP contribution in [0.5, 0.6) is 11.5 Å². The molecule has 0 spiro atoms. The third kappa shape index (κ3) is 3.40. The summed E-state index contributed by atoms with van der Waals surface area (Å²) < 4.78 is 12.0. The van der Waals surface area contributed by atoms with Gasteiger partial charge in [0.1, 0.15) is 6.10 Å². The molecule has 1 saturated heterocycles. The number of benzene rings is 2. The van der Waals surface area contributed by atoms with Crippen molar-refractivity contribution in [1.82, 2.24) is 4.90 Å². The van der Waals surface area contributed by atoms with Gasteiger partial charge in [-0.1, -0.05) is 42.5 Å². The molecule has 116 valence electrons. The molecule has 0 unspecified atom stereocenters. The van der Waals surface area contributed by atoms with Crippen molar-refractivity contribution >= 4 is 0 Å². The normalized spacial score (nSPS) is 20.5. The van der Waals surface area contributed by atoms with E-state index in [2.05, 4.69) is 11.9 Å². The van der Waals surface area contributed by atoms with Gasteiger partial charge in [-0.3, -0.25) is 0 Å². The number of phenolic OH excluding ortho intramolecular Hbond substituents is 1. The van der Waals surface area contributed by atoms with E-state index in [-0.39, 0.29) is 18.0 Å². The van der Waals surface area contributed by atoms with Crippen molar-refractivity contribution in [1.29, 1.82) is 0 Å². The molecule has 3 rings (SSSR count). The average Bonchev–Trinajstić information content (AvgIpc) is 2.55. The molecule has 22 heavy (non-hydrogen) atoms. The lowest BCUT2D eigenvalue weighted by molar-refractivity contribution is -0.0763. The van der Waals surface area contributed by atoms with Crippen LogP contribution in [0.4, 0.5) is 0 Å². The number of rotatable bonds is 4. The summed E-state index contributed by atoms with van der Waals surface area (Å²) in [5, 5.41) is 9.98. The number of hydrogen-bond donors (Lipinski definition) is 1. The van der Waals surface area contributed by atoms with Crippen LogP contribution in [-0.4, -0.2) is 42.9 Å². The minimum Gasteiger partial charge on any atom is -0.504 e. The second-order valence-electron chi connectivity index (χ2n) is 5.59. The lowest BCUT2D eigenvalue weighted by Crippen LogP contribution is -2.44. The highest BCUT2D eigenvalue weighted by molar-refractivity contribution is 5.38. The van der Waals surface area contributed by atoms with Gasteiger partial charge in [0.05, 0.1) is 6.61 Å². The van der Waals surface area contributed by atoms with Crippen LogP contribution < -0.4 is 4.74 Å². The minimum atomic E-state index is -0.253. The Morgan fingerprint density at radius 2 is 1.86 bits per heavy atom. The predicted octanol–water partition coefficient (Wildman–Crippen LogP) is 2.84. The molecule has 1 aliphatic heterocycles. The zero-order chi connectivity index (χ0) is 15.4. The Morgan fingerprint density at radius 3 is 2.59 bits per heavy atom. The molecule has 0 saturated carbocycles. The van der Waals surface area contributed by atoms with E-state index in [1.807, 2.05) is 36.4 Å². The fourth-order valence-corrected chi connectivity index (χ4v) is 2.69. The van der Waals surface area contributed by atoms with E-state index in [0.29, 0.717) is 12.4 Å². The van der Waals surface area contributed by atoms with Gasteiger partial charge < -0.3 is 19.5 Å². The molecule has 0 bridgehead atoms. The molecule has 0 amide bonds. The Bertz CT molecular complexity index is 602. The van der Waals surface area contributed by atoms with E-state index in [9.17, 15) is 5.11 Å². The van der Waals surface area contributed by atoms with Gasteiger partial charge in [-0.25, -0.2) is 0 Å². The number of para-hydroxylation sites is 2. The van der Waals surface area contributed by atoms with Gasteiger partial charge in [0, 0.05) is 13.1 Å². The maximum Gasteiger partial charge on any atom is 0.162 e. The zero-order valence-corrected chi connectivity index (χ0v) is 12.7. The maximum absolute atomic E-state index is 9.98. The van der Waals surface area contributed by atoms with Crippen LogP contribution in [0.25, 0.3) is 0 Å². The van der Waals surface area contributed by atoms with Gasteiger partial charge in [0.15, 0.2) is 17.6 Å². The number of aromatic hydroxyl groups is 1. The van der Waals surface area contributed by atoms with Crippen LogP contribution in [0.15, 0.2) is 54.6 Å². The molecule has 2 atom stereocenters. The largest absolute Gasteiger partial charge is 0.504 e. The van der Waals surface area contributed by atoms with Crippen LogP contribution in [-0.2, 0) is 4.74 Å². The second kappa shape index (κ2) is 6.81. The van der Waals surface area contributed by atoms with Gasteiger partial charge in [-0.2, -0.15) is 0 Å². The molecule has 0 aromatic heterocycles. The molecule has 2 aromatic carbocycles. The fourth-order valence-electron chi connectivity index (χ4n) is 2.69. The lowest BCUT2D eigenvalue weighted by Gasteiger charge is -2.35. The first-order chi connectivity index (χ1) is 10.7. The Balaban J connectivity index is 1.88. The van der Waals surface area contributed by atoms with Crippen molar-refractivity contribution < 1.29 is 14.6 Å². The lowest BCUT2D eigenvalue weighted by atomic mass is 10.0. The topological polar surface area (TPSA) is 41.9 Å². The van der Waals surface area contributed by atoms with Gasteiger partial charge >= 0.3 is 0 Å². The van der Waals surface area contributed by atoms with E-state index in [0.717, 1.165) is 18.7 Å². The summed E-state index contributed by atoms with van der Waals surface area (Å²) >= 11 is 0. The number of likely N-dealkylation sites (N-methyl/N-ethyl adjacent to an activating group) is 1. The van der Waals surface area contributed by atoms with Crippen molar-refractivity contribution in [3.63, 3.8) is 0 Å². The minimum absolute atomic E-state index is 0.0687. The van der Waals surface area contributed by atoms with Gasteiger partial charge in [0.25, 0.3) is 0 Å². The average molecular weight is 299 g/mol. The molecule has 0 aliphatic carbocycles. The Labute approximate surface area is 130 Å². The van der Waals surface area contributed by atoms with Crippen molar-refractivity contribution in [3.05, 3.63) is 60.2 Å². The van der Waals surface area contributed by atoms with E-state index in [1.165, 1.54) is 0 Å². The molecule has 1 fully saturated rings. The van der Waals surface area contributed by atoms with E-state index in [1.54, 1.807) is 18.2 Å². The summed E-state index contributed by atoms with van der Waals surface area (Å²) in [5.41, 5.74) is 1.05. The summed E-state index contributed by atoms with van der Waals surface area (Å²) in [5.74, 6) is 0.626. The smallest absolute Gasteiger partial charge is 0.162 e. The van der Waals surface area contributed by atoms with E-state index >= 15 is 0 Å². The molecule has 2 aromatic rings. The monoisotopic (exact) mass is 299 g/mol. The van der Waals surface area contributed by atoms with Crippen molar-refractivity contribution in [2.45, 2.75) is 12.2 Å². The standard InChI is InChI=1S/C18H21NO3/c1-19-11-12-21-17(13-19)18(14-7-3-2-4-8-14)22-16-10-6-5-9-15(16)20/h2-10,17-18,20H,11-13H2,1H3/t17-,18-/m0/s1. The van der Waals surface area contributed by atoms with Crippen LogP contribution in [0, 0.1) is 0 Å². The predicted molar refractivity (Wildman–Crippen MR) is 85.2 cm³/mol. The first-order valence-electron chi connectivity index (χ1n) is 7.54. The summed E-state index contributed by atoms with van der Waals surface area (Å²) in [7, 11) is 2.08. The summed E-state index contributed by atoms with van der Waals surface area (Å²) in [6, 6.07) is 17.1. The van der Waals surface area contributed by atoms with Crippen molar-refractivity contribution in [3.8, 4) is 11.5 Å². The maximum atomic E-state index is 9.98. The summed E-state index contributed by atoms with van der Waals surface area (Å²) in [6.07, 6.45) is -0.321. The summed E-state index contributed by atoms with van der Waals surface area (Å²) in [6.45, 7) is 2.41. The molecule has 0 radical (unpaired) electrons. The third-order valence-electron chi connectivity index (χ3n) is 3.88. The third-order valence-corrected chi connectivity index (χ3v) is 3.88. The highest BCUT2D eigenvalue weighted by Crippen LogP contribution is 2.33. The van der Waals surface area contributed by atoms with Gasteiger partial charge in [-0.05, 0) is 24.7 Å². The molecule has 1 aliphatic rings. The number of ether oxygens (including phenoxy) is 2. The number of morpholine rings is 1. The van der Waals surface area contributed by atoms with Crippen molar-refractivity contribution in [2.24, 2.45) is 0 Å². The number of hydrogen-bond acceptors (Lipinski definition) is 4. The number of phenols is 1. The highest BCUT2D eigenvalue weighted by atomic mass is 16.5. The van der Waals surface area contributed by atoms with Crippen LogP contribution in [0.2, 0.25) is 0 Å². The SMILES string of the molecule is CN1CCO[C@H]([C@@H](Oc2ccccc2O)c2ccccc2)C1. The van der Waals surface area contributed by atoms with Crippen molar-refractivity contribution in [2.75, 3.05) is 26.7 Å². The van der Waals surface area contributed by atoms with Gasteiger partial charge in [0.2, 0.25) is 0 Å². The molecular formula is C18H21NO3. The zero-order valence-electron chi connectivity index (χ0n) is 12.7. The molecular weight excluding hydrogens is 278 g/mol. The second-order valence-corrected chi connectivity index (χ2v) is 5.59. The van der Waals surface area contributed by atoms with Gasteiger partial charge in [-0.15, -0.1) is 0 Å². The molecule has 1 N–H and O–H groups in total. The van der Waals surface area contributed by atoms with Crippen LogP contribution in [0.1, 0.15) is 11.7 Å². The highest BCUT2D eigenvalue weighted by Gasteiger charge is 2.30. The van der Waals surface area contributed by atoms with E-state index in [4.69, 9.17) is 9.47 Å². The fraction of sp³-hybridized carbons (Fsp3) is 0.333. The quantitative estimate of drug-likeness (QED) is 0.942. The first-order valence-corrected chi connectivity index (χ1v) is 7.54. The molecule has 1 heterocycles. The molecule has 4 heteroatoms.